The lowest BCUT2D eigenvalue weighted by Crippen LogP contribution is -2.31. The summed E-state index contributed by atoms with van der Waals surface area (Å²) in [5.41, 5.74) is 1.12. The van der Waals surface area contributed by atoms with Crippen molar-refractivity contribution in [2.75, 3.05) is 18.9 Å². The first-order valence-corrected chi connectivity index (χ1v) is 9.11. The van der Waals surface area contributed by atoms with Crippen LogP contribution in [0, 0.1) is 6.92 Å². The molecule has 0 aliphatic heterocycles. The number of ether oxygens (including phenoxy) is 2. The number of aromatic nitrogens is 3. The Morgan fingerprint density at radius 1 is 1.31 bits per heavy atom. The van der Waals surface area contributed by atoms with Gasteiger partial charge in [0.1, 0.15) is 18.9 Å². The Bertz CT molecular complexity index is 763. The van der Waals surface area contributed by atoms with Crippen LogP contribution in [0.1, 0.15) is 18.3 Å². The average molecular weight is 378 g/mol. The molecule has 26 heavy (non-hydrogen) atoms. The second-order valence-corrected chi connectivity index (χ2v) is 6.38. The van der Waals surface area contributed by atoms with Crippen LogP contribution in [-0.2, 0) is 28.0 Å². The van der Waals surface area contributed by atoms with E-state index in [1.807, 2.05) is 38.2 Å². The van der Waals surface area contributed by atoms with Gasteiger partial charge in [-0.2, -0.15) is 0 Å². The molecule has 1 amide bonds. The van der Waals surface area contributed by atoms with Gasteiger partial charge in [-0.05, 0) is 31.5 Å². The molecule has 1 aromatic carbocycles. The smallest absolute Gasteiger partial charge is 0.325 e. The monoisotopic (exact) mass is 378 g/mol. The minimum absolute atomic E-state index is 0.129. The highest BCUT2D eigenvalue weighted by Crippen LogP contribution is 2.17. The Morgan fingerprint density at radius 3 is 2.85 bits per heavy atom. The van der Waals surface area contributed by atoms with Gasteiger partial charge >= 0.3 is 5.97 Å². The summed E-state index contributed by atoms with van der Waals surface area (Å²) in [5, 5.41) is 11.3. The van der Waals surface area contributed by atoms with E-state index in [0.717, 1.165) is 11.3 Å². The molecule has 0 aliphatic rings. The number of amides is 1. The molecule has 8 nitrogen and oxygen atoms in total. The van der Waals surface area contributed by atoms with Crippen molar-refractivity contribution in [1.82, 2.24) is 20.1 Å². The van der Waals surface area contributed by atoms with Crippen LogP contribution in [0.5, 0.6) is 5.75 Å². The summed E-state index contributed by atoms with van der Waals surface area (Å²) in [6.45, 7) is 4.14. The predicted molar refractivity (Wildman–Crippen MR) is 96.9 cm³/mol. The number of nitrogens with zero attached hydrogens (tertiary/aromatic N) is 3. The third-order valence-corrected chi connectivity index (χ3v) is 4.37. The van der Waals surface area contributed by atoms with Crippen LogP contribution < -0.4 is 10.1 Å². The molecule has 2 rings (SSSR count). The van der Waals surface area contributed by atoms with Crippen LogP contribution in [0.15, 0.2) is 29.4 Å². The Balaban J connectivity index is 1.80. The summed E-state index contributed by atoms with van der Waals surface area (Å²) in [4.78, 5) is 23.0. The third-order valence-electron chi connectivity index (χ3n) is 3.35. The van der Waals surface area contributed by atoms with E-state index in [1.54, 1.807) is 11.5 Å². The number of hydrogen-bond donors (Lipinski definition) is 1. The fourth-order valence-corrected chi connectivity index (χ4v) is 2.77. The first-order chi connectivity index (χ1) is 12.5. The lowest BCUT2D eigenvalue weighted by Gasteiger charge is -2.07. The zero-order valence-corrected chi connectivity index (χ0v) is 15.8. The molecule has 0 saturated carbocycles. The molecule has 2 aromatic rings. The number of rotatable bonds is 9. The number of hydrogen-bond acceptors (Lipinski definition) is 7. The van der Waals surface area contributed by atoms with Crippen LogP contribution in [0.2, 0.25) is 0 Å². The molecule has 0 radical (unpaired) electrons. The van der Waals surface area contributed by atoms with Crippen LogP contribution in [0.25, 0.3) is 0 Å². The maximum Gasteiger partial charge on any atom is 0.325 e. The summed E-state index contributed by atoms with van der Waals surface area (Å²) in [7, 11) is 1.81. The summed E-state index contributed by atoms with van der Waals surface area (Å²) < 4.78 is 12.2. The molecule has 0 unspecified atom stereocenters. The van der Waals surface area contributed by atoms with Crippen LogP contribution in [0.3, 0.4) is 0 Å². The molecular weight excluding hydrogens is 356 g/mol. The Kier molecular flexibility index (Phi) is 7.46. The maximum absolute atomic E-state index is 11.8. The van der Waals surface area contributed by atoms with Crippen molar-refractivity contribution >= 4 is 23.6 Å². The summed E-state index contributed by atoms with van der Waals surface area (Å²) in [6.07, 6.45) is 0. The van der Waals surface area contributed by atoms with E-state index >= 15 is 0 Å². The molecule has 0 bridgehead atoms. The molecule has 0 fully saturated rings. The summed E-state index contributed by atoms with van der Waals surface area (Å²) in [6, 6.07) is 7.75. The lowest BCUT2D eigenvalue weighted by atomic mass is 10.2. The van der Waals surface area contributed by atoms with Gasteiger partial charge in [0.15, 0.2) is 11.0 Å². The number of benzene rings is 1. The third kappa shape index (κ3) is 6.07. The number of esters is 1. The van der Waals surface area contributed by atoms with E-state index in [9.17, 15) is 9.59 Å². The van der Waals surface area contributed by atoms with Crippen molar-refractivity contribution in [1.29, 1.82) is 0 Å². The normalized spacial score (nSPS) is 10.4. The van der Waals surface area contributed by atoms with Gasteiger partial charge in [0, 0.05) is 7.05 Å². The SMILES string of the molecule is CCOC(=O)CNC(=O)CSc1nnc(COc2cccc(C)c2)n1C. The number of nitrogens with one attached hydrogen (secondary N) is 1. The van der Waals surface area contributed by atoms with Gasteiger partial charge in [-0.1, -0.05) is 23.9 Å². The van der Waals surface area contributed by atoms with E-state index in [4.69, 9.17) is 9.47 Å². The van der Waals surface area contributed by atoms with Gasteiger partial charge < -0.3 is 19.4 Å². The molecule has 0 aliphatic carbocycles. The molecule has 0 atom stereocenters. The highest BCUT2D eigenvalue weighted by Gasteiger charge is 2.13. The number of carbonyl (C=O) groups excluding carboxylic acids is 2. The number of thioether (sulfide) groups is 1. The molecular formula is C17H22N4O4S. The minimum atomic E-state index is -0.458. The predicted octanol–water partition coefficient (Wildman–Crippen LogP) is 1.47. The van der Waals surface area contributed by atoms with Crippen LogP contribution in [-0.4, -0.2) is 45.5 Å². The average Bonchev–Trinajstić information content (AvgIpc) is 2.96. The molecule has 140 valence electrons. The molecule has 1 N–H and O–H groups in total. The van der Waals surface area contributed by atoms with E-state index < -0.39 is 5.97 Å². The minimum Gasteiger partial charge on any atom is -0.486 e. The molecule has 1 aromatic heterocycles. The zero-order chi connectivity index (χ0) is 18.9. The van der Waals surface area contributed by atoms with Crippen molar-refractivity contribution in [3.05, 3.63) is 35.7 Å². The second kappa shape index (κ2) is 9.81. The van der Waals surface area contributed by atoms with E-state index in [2.05, 4.69) is 15.5 Å². The molecule has 9 heteroatoms. The lowest BCUT2D eigenvalue weighted by molar-refractivity contribution is -0.143. The summed E-state index contributed by atoms with van der Waals surface area (Å²) in [5.74, 6) is 0.814. The topological polar surface area (TPSA) is 95.3 Å². The Morgan fingerprint density at radius 2 is 2.12 bits per heavy atom. The first kappa shape index (κ1) is 19.8. The van der Waals surface area contributed by atoms with Crippen LogP contribution >= 0.6 is 11.8 Å². The van der Waals surface area contributed by atoms with Gasteiger partial charge in [0.2, 0.25) is 5.91 Å². The standard InChI is InChI=1S/C17H22N4O4S/c1-4-24-16(23)9-18-15(22)11-26-17-20-19-14(21(17)3)10-25-13-7-5-6-12(2)8-13/h5-8H,4,9-11H2,1-3H3,(H,18,22). The van der Waals surface area contributed by atoms with Gasteiger partial charge in [-0.3, -0.25) is 9.59 Å². The van der Waals surface area contributed by atoms with Crippen molar-refractivity contribution in [3.8, 4) is 5.75 Å². The fourth-order valence-electron chi connectivity index (χ4n) is 2.01. The van der Waals surface area contributed by atoms with Crippen molar-refractivity contribution in [2.24, 2.45) is 7.05 Å². The largest absolute Gasteiger partial charge is 0.486 e. The van der Waals surface area contributed by atoms with Gasteiger partial charge in [0.05, 0.1) is 12.4 Å². The molecule has 0 saturated heterocycles. The number of aryl methyl sites for hydroxylation is 1. The Labute approximate surface area is 156 Å². The molecule has 1 heterocycles. The number of carbonyl (C=O) groups is 2. The van der Waals surface area contributed by atoms with E-state index in [-0.39, 0.29) is 31.4 Å². The highest BCUT2D eigenvalue weighted by atomic mass is 32.2. The van der Waals surface area contributed by atoms with Gasteiger partial charge in [-0.15, -0.1) is 10.2 Å². The van der Waals surface area contributed by atoms with Crippen molar-refractivity contribution in [2.45, 2.75) is 25.6 Å². The highest BCUT2D eigenvalue weighted by molar-refractivity contribution is 7.99. The quantitative estimate of drug-likeness (QED) is 0.521. The molecule has 0 spiro atoms. The van der Waals surface area contributed by atoms with E-state index in [1.165, 1.54) is 11.8 Å². The zero-order valence-electron chi connectivity index (χ0n) is 15.0. The second-order valence-electron chi connectivity index (χ2n) is 5.43. The van der Waals surface area contributed by atoms with E-state index in [0.29, 0.717) is 11.0 Å². The van der Waals surface area contributed by atoms with Gasteiger partial charge in [0.25, 0.3) is 0 Å². The Hall–Kier alpha value is -2.55. The summed E-state index contributed by atoms with van der Waals surface area (Å²) >= 11 is 1.23. The van der Waals surface area contributed by atoms with Crippen LogP contribution in [0.4, 0.5) is 0 Å². The fraction of sp³-hybridized carbons (Fsp3) is 0.412. The van der Waals surface area contributed by atoms with Crippen molar-refractivity contribution < 1.29 is 19.1 Å². The van der Waals surface area contributed by atoms with Gasteiger partial charge in [-0.25, -0.2) is 0 Å². The maximum atomic E-state index is 11.8. The van der Waals surface area contributed by atoms with Crippen molar-refractivity contribution in [3.63, 3.8) is 0 Å². The first-order valence-electron chi connectivity index (χ1n) is 8.12.